The van der Waals surface area contributed by atoms with Crippen LogP contribution < -0.4 is 5.73 Å². The molecule has 0 aliphatic heterocycles. The monoisotopic (exact) mass is 208 g/mol. The Balaban J connectivity index is 2.05. The molecule has 2 unspecified atom stereocenters. The summed E-state index contributed by atoms with van der Waals surface area (Å²) in [5, 5.41) is 0. The smallest absolute Gasteiger partial charge is 0.122 e. The Morgan fingerprint density at radius 2 is 2.33 bits per heavy atom. The van der Waals surface area contributed by atoms with Crippen LogP contribution in [0.5, 0.6) is 0 Å². The Morgan fingerprint density at radius 3 is 2.80 bits per heavy atom. The lowest BCUT2D eigenvalue weighted by molar-refractivity contribution is 0.153. The Kier molecular flexibility index (Phi) is 3.12. The minimum Gasteiger partial charge on any atom is -0.468 e. The number of furan rings is 1. The van der Waals surface area contributed by atoms with Gasteiger partial charge in [0.25, 0.3) is 0 Å². The highest BCUT2D eigenvalue weighted by atomic mass is 16.3. The van der Waals surface area contributed by atoms with Gasteiger partial charge in [0.05, 0.1) is 12.3 Å². The van der Waals surface area contributed by atoms with Crippen molar-refractivity contribution >= 4 is 0 Å². The van der Waals surface area contributed by atoms with Crippen molar-refractivity contribution < 1.29 is 4.42 Å². The SMILES string of the molecule is CC(C1CC1)N(C)C(CN)c1ccco1. The third kappa shape index (κ3) is 2.24. The molecular weight excluding hydrogens is 188 g/mol. The van der Waals surface area contributed by atoms with Gasteiger partial charge in [-0.05, 0) is 44.9 Å². The molecule has 2 N–H and O–H groups in total. The van der Waals surface area contributed by atoms with E-state index in [2.05, 4.69) is 18.9 Å². The Bertz CT molecular complexity index is 293. The molecule has 1 aromatic rings. The van der Waals surface area contributed by atoms with Crippen LogP contribution in [0.15, 0.2) is 22.8 Å². The largest absolute Gasteiger partial charge is 0.468 e. The van der Waals surface area contributed by atoms with Gasteiger partial charge in [0.1, 0.15) is 5.76 Å². The molecule has 3 nitrogen and oxygen atoms in total. The van der Waals surface area contributed by atoms with Crippen LogP contribution in [0.1, 0.15) is 31.6 Å². The average molecular weight is 208 g/mol. The van der Waals surface area contributed by atoms with Gasteiger partial charge in [-0.2, -0.15) is 0 Å². The van der Waals surface area contributed by atoms with Crippen LogP contribution in [0, 0.1) is 5.92 Å². The van der Waals surface area contributed by atoms with E-state index in [0.29, 0.717) is 12.6 Å². The zero-order valence-corrected chi connectivity index (χ0v) is 9.52. The van der Waals surface area contributed by atoms with Crippen molar-refractivity contribution in [3.8, 4) is 0 Å². The standard InChI is InChI=1S/C12H20N2O/c1-9(10-5-6-10)14(2)11(8-13)12-4-3-7-15-12/h3-4,7,9-11H,5-6,8,13H2,1-2H3. The van der Waals surface area contributed by atoms with E-state index < -0.39 is 0 Å². The van der Waals surface area contributed by atoms with Crippen LogP contribution in [0.2, 0.25) is 0 Å². The van der Waals surface area contributed by atoms with Crippen molar-refractivity contribution in [2.75, 3.05) is 13.6 Å². The highest BCUT2D eigenvalue weighted by Crippen LogP contribution is 2.37. The van der Waals surface area contributed by atoms with Crippen LogP contribution in [0.3, 0.4) is 0 Å². The van der Waals surface area contributed by atoms with E-state index in [9.17, 15) is 0 Å². The van der Waals surface area contributed by atoms with E-state index in [1.54, 1.807) is 6.26 Å². The van der Waals surface area contributed by atoms with Crippen molar-refractivity contribution in [2.45, 2.75) is 31.8 Å². The molecule has 0 spiro atoms. The predicted octanol–water partition coefficient (Wildman–Crippen LogP) is 2.01. The number of likely N-dealkylation sites (N-methyl/N-ethyl adjacent to an activating group) is 1. The van der Waals surface area contributed by atoms with Gasteiger partial charge in [0, 0.05) is 12.6 Å². The first-order chi connectivity index (χ1) is 7.24. The van der Waals surface area contributed by atoms with Gasteiger partial charge in [0.15, 0.2) is 0 Å². The lowest BCUT2D eigenvalue weighted by Gasteiger charge is -2.31. The quantitative estimate of drug-likeness (QED) is 0.805. The van der Waals surface area contributed by atoms with Gasteiger partial charge in [-0.1, -0.05) is 0 Å². The van der Waals surface area contributed by atoms with E-state index in [0.717, 1.165) is 11.7 Å². The van der Waals surface area contributed by atoms with Gasteiger partial charge < -0.3 is 10.2 Å². The van der Waals surface area contributed by atoms with Crippen LogP contribution in [0.25, 0.3) is 0 Å². The molecule has 1 heterocycles. The molecule has 0 amide bonds. The Morgan fingerprint density at radius 1 is 1.60 bits per heavy atom. The molecule has 0 aromatic carbocycles. The van der Waals surface area contributed by atoms with Gasteiger partial charge >= 0.3 is 0 Å². The summed E-state index contributed by atoms with van der Waals surface area (Å²) in [6.45, 7) is 2.89. The second kappa shape index (κ2) is 4.37. The summed E-state index contributed by atoms with van der Waals surface area (Å²) in [4.78, 5) is 2.34. The fourth-order valence-electron chi connectivity index (χ4n) is 2.16. The van der Waals surface area contributed by atoms with E-state index in [4.69, 9.17) is 10.2 Å². The highest BCUT2D eigenvalue weighted by molar-refractivity contribution is 5.06. The molecule has 0 radical (unpaired) electrons. The first-order valence-corrected chi connectivity index (χ1v) is 5.69. The van der Waals surface area contributed by atoms with Gasteiger partial charge in [-0.3, -0.25) is 4.90 Å². The zero-order chi connectivity index (χ0) is 10.8. The molecule has 15 heavy (non-hydrogen) atoms. The maximum atomic E-state index is 5.82. The summed E-state index contributed by atoms with van der Waals surface area (Å²) in [7, 11) is 2.14. The van der Waals surface area contributed by atoms with Crippen LogP contribution in [-0.4, -0.2) is 24.5 Å². The molecule has 2 atom stereocenters. The molecule has 1 aromatic heterocycles. The molecule has 2 rings (SSSR count). The predicted molar refractivity (Wildman–Crippen MR) is 60.5 cm³/mol. The van der Waals surface area contributed by atoms with Crippen LogP contribution >= 0.6 is 0 Å². The van der Waals surface area contributed by atoms with E-state index >= 15 is 0 Å². The molecule has 1 saturated carbocycles. The first-order valence-electron chi connectivity index (χ1n) is 5.69. The second-order valence-corrected chi connectivity index (χ2v) is 4.51. The molecule has 0 bridgehead atoms. The number of rotatable bonds is 5. The third-order valence-corrected chi connectivity index (χ3v) is 3.53. The number of hydrogen-bond donors (Lipinski definition) is 1. The summed E-state index contributed by atoms with van der Waals surface area (Å²) in [5.74, 6) is 1.84. The maximum Gasteiger partial charge on any atom is 0.122 e. The molecule has 1 aliphatic carbocycles. The Hall–Kier alpha value is -0.800. The fraction of sp³-hybridized carbons (Fsp3) is 0.667. The summed E-state index contributed by atoms with van der Waals surface area (Å²) in [6, 6.07) is 4.75. The molecule has 1 aliphatic rings. The maximum absolute atomic E-state index is 5.82. The van der Waals surface area contributed by atoms with E-state index in [-0.39, 0.29) is 6.04 Å². The number of nitrogens with two attached hydrogens (primary N) is 1. The summed E-state index contributed by atoms with van der Waals surface area (Å²) in [5.41, 5.74) is 5.82. The lowest BCUT2D eigenvalue weighted by Crippen LogP contribution is -2.38. The second-order valence-electron chi connectivity index (χ2n) is 4.51. The first kappa shape index (κ1) is 10.7. The van der Waals surface area contributed by atoms with Crippen molar-refractivity contribution in [2.24, 2.45) is 11.7 Å². The normalized spacial score (nSPS) is 20.5. The van der Waals surface area contributed by atoms with E-state index in [1.165, 1.54) is 12.8 Å². The minimum absolute atomic E-state index is 0.218. The minimum atomic E-state index is 0.218. The summed E-state index contributed by atoms with van der Waals surface area (Å²) < 4.78 is 5.44. The van der Waals surface area contributed by atoms with Crippen LogP contribution in [0.4, 0.5) is 0 Å². The Labute approximate surface area is 91.2 Å². The highest BCUT2D eigenvalue weighted by Gasteiger charge is 2.33. The molecular formula is C12H20N2O. The summed E-state index contributed by atoms with van der Waals surface area (Å²) >= 11 is 0. The topological polar surface area (TPSA) is 42.4 Å². The lowest BCUT2D eigenvalue weighted by atomic mass is 10.1. The number of hydrogen-bond acceptors (Lipinski definition) is 3. The zero-order valence-electron chi connectivity index (χ0n) is 9.52. The summed E-state index contributed by atoms with van der Waals surface area (Å²) in [6.07, 6.45) is 4.44. The number of nitrogens with zero attached hydrogens (tertiary/aromatic N) is 1. The average Bonchev–Trinajstić information content (AvgIpc) is 2.96. The molecule has 3 heteroatoms. The molecule has 84 valence electrons. The third-order valence-electron chi connectivity index (χ3n) is 3.53. The van der Waals surface area contributed by atoms with Crippen molar-refractivity contribution in [1.82, 2.24) is 4.90 Å². The van der Waals surface area contributed by atoms with E-state index in [1.807, 2.05) is 12.1 Å². The molecule has 0 saturated heterocycles. The van der Waals surface area contributed by atoms with Crippen LogP contribution in [-0.2, 0) is 0 Å². The van der Waals surface area contributed by atoms with Crippen molar-refractivity contribution in [3.05, 3.63) is 24.2 Å². The van der Waals surface area contributed by atoms with Gasteiger partial charge in [-0.25, -0.2) is 0 Å². The van der Waals surface area contributed by atoms with Crippen molar-refractivity contribution in [3.63, 3.8) is 0 Å². The van der Waals surface area contributed by atoms with Gasteiger partial charge in [0.2, 0.25) is 0 Å². The fourth-order valence-corrected chi connectivity index (χ4v) is 2.16. The van der Waals surface area contributed by atoms with Crippen molar-refractivity contribution in [1.29, 1.82) is 0 Å². The van der Waals surface area contributed by atoms with Gasteiger partial charge in [-0.15, -0.1) is 0 Å². The molecule has 1 fully saturated rings.